The summed E-state index contributed by atoms with van der Waals surface area (Å²) in [6.07, 6.45) is 4.19. The minimum atomic E-state index is -0.636. The van der Waals surface area contributed by atoms with Gasteiger partial charge in [-0.2, -0.15) is 0 Å². The van der Waals surface area contributed by atoms with Gasteiger partial charge in [0, 0.05) is 17.7 Å². The zero-order valence-corrected chi connectivity index (χ0v) is 16.4. The topological polar surface area (TPSA) is 74.8 Å². The summed E-state index contributed by atoms with van der Waals surface area (Å²) in [5.41, 5.74) is 1.20. The molecule has 2 amide bonds. The zero-order valence-electron chi connectivity index (χ0n) is 16.4. The van der Waals surface area contributed by atoms with E-state index in [1.807, 2.05) is 0 Å². The molecular formula is C22H26F2N3O2+. The highest BCUT2D eigenvalue weighted by molar-refractivity contribution is 6.04. The fourth-order valence-electron chi connectivity index (χ4n) is 3.61. The standard InChI is InChI=1S/C22H25F2N3O2/c1-14(17-11-10-15(23)12-19(17)24)25-13-21(28)27-20-9-5-4-8-18(20)22(29)26-16-6-2-3-7-16/h4-5,8-12,14,16,25H,2-3,6-7,13H2,1H3,(H,26,29)(H,27,28)/p+1/t14-/m1/s1. The SMILES string of the molecule is C[C@@H]([NH2+]CC(=O)Nc1ccccc1C(=O)NC1CCCC1)c1ccc(F)cc1F. The lowest BCUT2D eigenvalue weighted by molar-refractivity contribution is -0.682. The molecule has 1 aliphatic carbocycles. The highest BCUT2D eigenvalue weighted by Gasteiger charge is 2.21. The number of benzene rings is 2. The summed E-state index contributed by atoms with van der Waals surface area (Å²) in [5, 5.41) is 7.44. The molecule has 0 saturated heterocycles. The number of halogens is 2. The molecule has 7 heteroatoms. The van der Waals surface area contributed by atoms with E-state index in [2.05, 4.69) is 10.6 Å². The Morgan fingerprint density at radius 2 is 1.86 bits per heavy atom. The Morgan fingerprint density at radius 1 is 1.14 bits per heavy atom. The van der Waals surface area contributed by atoms with Crippen LogP contribution in [0.1, 0.15) is 54.6 Å². The molecular weight excluding hydrogens is 376 g/mol. The molecule has 1 atom stereocenters. The van der Waals surface area contributed by atoms with Gasteiger partial charge in [0.15, 0.2) is 6.54 Å². The Hall–Kier alpha value is -2.80. The maximum atomic E-state index is 13.9. The molecule has 1 saturated carbocycles. The fourth-order valence-corrected chi connectivity index (χ4v) is 3.61. The molecule has 29 heavy (non-hydrogen) atoms. The van der Waals surface area contributed by atoms with E-state index in [0.717, 1.165) is 31.7 Å². The van der Waals surface area contributed by atoms with Crippen LogP contribution in [-0.2, 0) is 4.79 Å². The molecule has 0 unspecified atom stereocenters. The summed E-state index contributed by atoms with van der Waals surface area (Å²) in [4.78, 5) is 25.0. The first-order valence-electron chi connectivity index (χ1n) is 9.92. The lowest BCUT2D eigenvalue weighted by Crippen LogP contribution is -2.86. The van der Waals surface area contributed by atoms with Crippen molar-refractivity contribution in [3.8, 4) is 0 Å². The fraction of sp³-hybridized carbons (Fsp3) is 0.364. The number of rotatable bonds is 7. The van der Waals surface area contributed by atoms with Gasteiger partial charge in [0.2, 0.25) is 0 Å². The number of hydrogen-bond donors (Lipinski definition) is 3. The number of anilines is 1. The highest BCUT2D eigenvalue weighted by Crippen LogP contribution is 2.20. The van der Waals surface area contributed by atoms with Crippen molar-refractivity contribution in [2.75, 3.05) is 11.9 Å². The van der Waals surface area contributed by atoms with Gasteiger partial charge in [-0.3, -0.25) is 9.59 Å². The molecule has 0 aromatic heterocycles. The van der Waals surface area contributed by atoms with Crippen molar-refractivity contribution in [1.82, 2.24) is 5.32 Å². The van der Waals surface area contributed by atoms with Crippen LogP contribution in [0.15, 0.2) is 42.5 Å². The Kier molecular flexibility index (Phi) is 6.93. The van der Waals surface area contributed by atoms with Crippen molar-refractivity contribution >= 4 is 17.5 Å². The molecule has 154 valence electrons. The minimum Gasteiger partial charge on any atom is -0.349 e. The van der Waals surface area contributed by atoms with Gasteiger partial charge >= 0.3 is 0 Å². The van der Waals surface area contributed by atoms with Crippen LogP contribution in [0.25, 0.3) is 0 Å². The van der Waals surface area contributed by atoms with Crippen molar-refractivity contribution in [1.29, 1.82) is 0 Å². The molecule has 0 aliphatic heterocycles. The lowest BCUT2D eigenvalue weighted by atomic mass is 10.1. The molecule has 0 heterocycles. The second kappa shape index (κ2) is 9.60. The van der Waals surface area contributed by atoms with Crippen LogP contribution in [0, 0.1) is 11.6 Å². The molecule has 3 rings (SSSR count). The van der Waals surface area contributed by atoms with Crippen LogP contribution in [-0.4, -0.2) is 24.4 Å². The molecule has 0 spiro atoms. The quantitative estimate of drug-likeness (QED) is 0.666. The number of carbonyl (C=O) groups is 2. The Morgan fingerprint density at radius 3 is 2.59 bits per heavy atom. The van der Waals surface area contributed by atoms with Gasteiger partial charge in [-0.05, 0) is 44.0 Å². The van der Waals surface area contributed by atoms with Crippen LogP contribution in [0.4, 0.5) is 14.5 Å². The van der Waals surface area contributed by atoms with Crippen LogP contribution in [0.2, 0.25) is 0 Å². The first-order chi connectivity index (χ1) is 13.9. The van der Waals surface area contributed by atoms with E-state index in [4.69, 9.17) is 0 Å². The number of nitrogens with two attached hydrogens (primary N) is 1. The van der Waals surface area contributed by atoms with Gasteiger partial charge in [0.25, 0.3) is 11.8 Å². The third-order valence-electron chi connectivity index (χ3n) is 5.25. The molecule has 1 fully saturated rings. The average molecular weight is 402 g/mol. The van der Waals surface area contributed by atoms with E-state index in [9.17, 15) is 18.4 Å². The van der Waals surface area contributed by atoms with Crippen molar-refractivity contribution in [3.63, 3.8) is 0 Å². The van der Waals surface area contributed by atoms with E-state index in [0.29, 0.717) is 16.8 Å². The summed E-state index contributed by atoms with van der Waals surface area (Å²) in [6, 6.07) is 10.1. The van der Waals surface area contributed by atoms with Crippen molar-refractivity contribution < 1.29 is 23.7 Å². The molecule has 2 aromatic rings. The Labute approximate surface area is 168 Å². The second-order valence-corrected chi connectivity index (χ2v) is 7.44. The van der Waals surface area contributed by atoms with Crippen LogP contribution in [0.5, 0.6) is 0 Å². The second-order valence-electron chi connectivity index (χ2n) is 7.44. The smallest absolute Gasteiger partial charge is 0.279 e. The van der Waals surface area contributed by atoms with Gasteiger partial charge in [-0.25, -0.2) is 8.78 Å². The predicted molar refractivity (Wildman–Crippen MR) is 106 cm³/mol. The normalized spacial score (nSPS) is 15.1. The maximum absolute atomic E-state index is 13.9. The summed E-state index contributed by atoms with van der Waals surface area (Å²) < 4.78 is 26.9. The number of para-hydroxylation sites is 1. The maximum Gasteiger partial charge on any atom is 0.279 e. The summed E-state index contributed by atoms with van der Waals surface area (Å²) in [5.74, 6) is -1.77. The number of quaternary nitrogens is 1. The van der Waals surface area contributed by atoms with E-state index in [1.54, 1.807) is 36.5 Å². The summed E-state index contributed by atoms with van der Waals surface area (Å²) in [6.45, 7) is 1.78. The molecule has 1 aliphatic rings. The highest BCUT2D eigenvalue weighted by atomic mass is 19.1. The monoisotopic (exact) mass is 402 g/mol. The van der Waals surface area contributed by atoms with E-state index in [1.165, 1.54) is 12.1 Å². The van der Waals surface area contributed by atoms with Crippen LogP contribution < -0.4 is 16.0 Å². The molecule has 5 nitrogen and oxygen atoms in total. The van der Waals surface area contributed by atoms with Gasteiger partial charge in [-0.15, -0.1) is 0 Å². The molecule has 0 radical (unpaired) electrons. The number of amides is 2. The van der Waals surface area contributed by atoms with Gasteiger partial charge in [0.05, 0.1) is 11.3 Å². The number of carbonyl (C=O) groups excluding carboxylic acids is 2. The Balaban J connectivity index is 1.58. The molecule has 4 N–H and O–H groups in total. The lowest BCUT2D eigenvalue weighted by Gasteiger charge is -2.15. The van der Waals surface area contributed by atoms with E-state index >= 15 is 0 Å². The number of hydrogen-bond acceptors (Lipinski definition) is 2. The molecule has 2 aromatic carbocycles. The summed E-state index contributed by atoms with van der Waals surface area (Å²) >= 11 is 0. The van der Waals surface area contributed by atoms with Crippen molar-refractivity contribution in [3.05, 3.63) is 65.2 Å². The predicted octanol–water partition coefficient (Wildman–Crippen LogP) is 2.90. The largest absolute Gasteiger partial charge is 0.349 e. The minimum absolute atomic E-state index is 0.0383. The van der Waals surface area contributed by atoms with E-state index < -0.39 is 11.6 Å². The summed E-state index contributed by atoms with van der Waals surface area (Å²) in [7, 11) is 0. The van der Waals surface area contributed by atoms with Crippen molar-refractivity contribution in [2.24, 2.45) is 0 Å². The first-order valence-corrected chi connectivity index (χ1v) is 9.92. The van der Waals surface area contributed by atoms with Crippen molar-refractivity contribution in [2.45, 2.75) is 44.7 Å². The third-order valence-corrected chi connectivity index (χ3v) is 5.25. The first kappa shape index (κ1) is 20.9. The van der Waals surface area contributed by atoms with Crippen LogP contribution in [0.3, 0.4) is 0 Å². The van der Waals surface area contributed by atoms with E-state index in [-0.39, 0.29) is 30.4 Å². The average Bonchev–Trinajstić information content (AvgIpc) is 3.19. The van der Waals surface area contributed by atoms with Gasteiger partial charge in [0.1, 0.15) is 17.7 Å². The van der Waals surface area contributed by atoms with Crippen LogP contribution >= 0.6 is 0 Å². The zero-order chi connectivity index (χ0) is 20.8. The Bertz CT molecular complexity index is 882. The number of nitrogens with one attached hydrogen (secondary N) is 2. The van der Waals surface area contributed by atoms with Gasteiger partial charge < -0.3 is 16.0 Å². The molecule has 0 bridgehead atoms. The van der Waals surface area contributed by atoms with Gasteiger partial charge in [-0.1, -0.05) is 25.0 Å². The third kappa shape index (κ3) is 5.60.